The molecule has 0 spiro atoms. The summed E-state index contributed by atoms with van der Waals surface area (Å²) in [4.78, 5) is 15.0. The van der Waals surface area contributed by atoms with E-state index in [2.05, 4.69) is 5.32 Å². The highest BCUT2D eigenvalue weighted by atomic mass is 32.2. The summed E-state index contributed by atoms with van der Waals surface area (Å²) < 4.78 is 38.9. The number of benzene rings is 2. The van der Waals surface area contributed by atoms with E-state index < -0.39 is 10.0 Å². The van der Waals surface area contributed by atoms with E-state index in [1.165, 1.54) is 4.31 Å². The average molecular weight is 488 g/mol. The number of ether oxygens (including phenoxy) is 2. The predicted molar refractivity (Wildman–Crippen MR) is 131 cm³/mol. The number of nitrogens with zero attached hydrogens (tertiary/aromatic N) is 2. The van der Waals surface area contributed by atoms with Gasteiger partial charge in [-0.25, -0.2) is 8.42 Å². The van der Waals surface area contributed by atoms with Crippen LogP contribution in [0.25, 0.3) is 0 Å². The minimum atomic E-state index is -3.52. The van der Waals surface area contributed by atoms with Crippen LogP contribution in [0.15, 0.2) is 53.4 Å². The van der Waals surface area contributed by atoms with Crippen molar-refractivity contribution in [2.45, 2.75) is 37.2 Å². The fraction of sp³-hybridized carbons (Fsp3) is 0.480. The molecule has 2 saturated heterocycles. The quantitative estimate of drug-likeness (QED) is 0.616. The Labute approximate surface area is 201 Å². The van der Waals surface area contributed by atoms with E-state index in [1.54, 1.807) is 24.3 Å². The van der Waals surface area contributed by atoms with Gasteiger partial charge in [0, 0.05) is 32.8 Å². The molecule has 2 aromatic rings. The standard InChI is InChI=1S/C25H33N3O5S/c1-20-9-11-22(12-10-20)34(30,31)28-15-13-27(14-16-28)18-25(29)26-23-7-2-3-8-24(23)33-19-21-6-4-5-17-32-21/h2-3,7-12,21H,4-6,13-19H2,1H3,(H,26,29). The molecule has 2 aliphatic rings. The maximum Gasteiger partial charge on any atom is 0.243 e. The summed E-state index contributed by atoms with van der Waals surface area (Å²) in [5, 5.41) is 2.94. The molecule has 1 unspecified atom stereocenters. The third kappa shape index (κ3) is 6.35. The molecule has 4 rings (SSSR count). The van der Waals surface area contributed by atoms with Crippen molar-refractivity contribution in [3.63, 3.8) is 0 Å². The lowest BCUT2D eigenvalue weighted by atomic mass is 10.1. The summed E-state index contributed by atoms with van der Waals surface area (Å²) in [5.74, 6) is 0.471. The number of amides is 1. The van der Waals surface area contributed by atoms with Gasteiger partial charge in [0.05, 0.1) is 23.2 Å². The Morgan fingerprint density at radius 3 is 2.50 bits per heavy atom. The van der Waals surface area contributed by atoms with Crippen LogP contribution >= 0.6 is 0 Å². The van der Waals surface area contributed by atoms with Gasteiger partial charge < -0.3 is 14.8 Å². The van der Waals surface area contributed by atoms with Crippen LogP contribution in [0.3, 0.4) is 0 Å². The lowest BCUT2D eigenvalue weighted by molar-refractivity contribution is -0.117. The first-order chi connectivity index (χ1) is 16.4. The van der Waals surface area contributed by atoms with Crippen molar-refractivity contribution in [2.75, 3.05) is 51.3 Å². The van der Waals surface area contributed by atoms with Gasteiger partial charge in [-0.15, -0.1) is 0 Å². The Morgan fingerprint density at radius 2 is 1.79 bits per heavy atom. The van der Waals surface area contributed by atoms with Crippen LogP contribution < -0.4 is 10.1 Å². The van der Waals surface area contributed by atoms with Crippen LogP contribution in [-0.2, 0) is 19.6 Å². The molecule has 0 aliphatic carbocycles. The van der Waals surface area contributed by atoms with Crippen LogP contribution in [0.2, 0.25) is 0 Å². The molecule has 1 amide bonds. The highest BCUT2D eigenvalue weighted by Crippen LogP contribution is 2.25. The van der Waals surface area contributed by atoms with E-state index in [0.29, 0.717) is 49.1 Å². The van der Waals surface area contributed by atoms with Crippen molar-refractivity contribution in [3.05, 3.63) is 54.1 Å². The summed E-state index contributed by atoms with van der Waals surface area (Å²) in [5.41, 5.74) is 1.65. The van der Waals surface area contributed by atoms with E-state index in [9.17, 15) is 13.2 Å². The largest absolute Gasteiger partial charge is 0.489 e. The van der Waals surface area contributed by atoms with Crippen LogP contribution in [0.5, 0.6) is 5.75 Å². The minimum Gasteiger partial charge on any atom is -0.489 e. The van der Waals surface area contributed by atoms with Crippen LogP contribution in [0.4, 0.5) is 5.69 Å². The minimum absolute atomic E-state index is 0.0880. The first-order valence-corrected chi connectivity index (χ1v) is 13.3. The number of nitrogens with one attached hydrogen (secondary N) is 1. The number of carbonyl (C=O) groups is 1. The van der Waals surface area contributed by atoms with Crippen molar-refractivity contribution >= 4 is 21.6 Å². The summed E-state index contributed by atoms with van der Waals surface area (Å²) in [6.45, 7) is 5.05. The summed E-state index contributed by atoms with van der Waals surface area (Å²) >= 11 is 0. The Hall–Kier alpha value is -2.46. The van der Waals surface area contributed by atoms with Gasteiger partial charge in [0.15, 0.2) is 0 Å². The molecule has 0 saturated carbocycles. The number of hydrogen-bond acceptors (Lipinski definition) is 6. The van der Waals surface area contributed by atoms with Crippen molar-refractivity contribution < 1.29 is 22.7 Å². The van der Waals surface area contributed by atoms with Gasteiger partial charge in [0.1, 0.15) is 12.4 Å². The number of para-hydroxylation sites is 2. The molecule has 1 N–H and O–H groups in total. The molecule has 2 fully saturated rings. The number of aryl methyl sites for hydroxylation is 1. The zero-order valence-electron chi connectivity index (χ0n) is 19.6. The number of carbonyl (C=O) groups excluding carboxylic acids is 1. The van der Waals surface area contributed by atoms with Gasteiger partial charge in [-0.3, -0.25) is 9.69 Å². The van der Waals surface area contributed by atoms with Crippen LogP contribution in [0, 0.1) is 6.92 Å². The number of rotatable bonds is 8. The molecular formula is C25H33N3O5S. The third-order valence-electron chi connectivity index (χ3n) is 6.22. The topological polar surface area (TPSA) is 88.2 Å². The van der Waals surface area contributed by atoms with Gasteiger partial charge >= 0.3 is 0 Å². The zero-order valence-corrected chi connectivity index (χ0v) is 20.4. The lowest BCUT2D eigenvalue weighted by Gasteiger charge is -2.33. The second kappa shape index (κ2) is 11.3. The maximum atomic E-state index is 12.9. The van der Waals surface area contributed by atoms with Crippen molar-refractivity contribution in [2.24, 2.45) is 0 Å². The lowest BCUT2D eigenvalue weighted by Crippen LogP contribution is -2.50. The van der Waals surface area contributed by atoms with Crippen molar-refractivity contribution in [1.82, 2.24) is 9.21 Å². The number of piperazine rings is 1. The summed E-state index contributed by atoms with van der Waals surface area (Å²) in [6.07, 6.45) is 3.31. The Balaban J connectivity index is 1.27. The van der Waals surface area contributed by atoms with Gasteiger partial charge in [0.2, 0.25) is 15.9 Å². The van der Waals surface area contributed by atoms with Crippen molar-refractivity contribution in [1.29, 1.82) is 0 Å². The van der Waals surface area contributed by atoms with E-state index in [4.69, 9.17) is 9.47 Å². The van der Waals surface area contributed by atoms with E-state index in [-0.39, 0.29) is 18.6 Å². The highest BCUT2D eigenvalue weighted by molar-refractivity contribution is 7.89. The smallest absolute Gasteiger partial charge is 0.243 e. The summed E-state index contributed by atoms with van der Waals surface area (Å²) in [6, 6.07) is 14.3. The average Bonchev–Trinajstić information content (AvgIpc) is 2.85. The van der Waals surface area contributed by atoms with Gasteiger partial charge in [-0.05, 0) is 50.5 Å². The van der Waals surface area contributed by atoms with E-state index in [0.717, 1.165) is 31.4 Å². The molecule has 2 heterocycles. The molecule has 8 nitrogen and oxygen atoms in total. The van der Waals surface area contributed by atoms with Crippen molar-refractivity contribution in [3.8, 4) is 5.75 Å². The molecule has 0 radical (unpaired) electrons. The molecule has 0 bridgehead atoms. The fourth-order valence-electron chi connectivity index (χ4n) is 4.20. The number of hydrogen-bond donors (Lipinski definition) is 1. The molecule has 1 atom stereocenters. The molecule has 0 aromatic heterocycles. The maximum absolute atomic E-state index is 12.9. The SMILES string of the molecule is Cc1ccc(S(=O)(=O)N2CCN(CC(=O)Nc3ccccc3OCC3CCCCO3)CC2)cc1. The monoisotopic (exact) mass is 487 g/mol. The predicted octanol–water partition coefficient (Wildman–Crippen LogP) is 2.89. The third-order valence-corrected chi connectivity index (χ3v) is 8.13. The Kier molecular flexibility index (Phi) is 8.20. The van der Waals surface area contributed by atoms with Crippen LogP contribution in [-0.4, -0.2) is 75.6 Å². The second-order valence-corrected chi connectivity index (χ2v) is 10.8. The highest BCUT2D eigenvalue weighted by Gasteiger charge is 2.29. The molecular weight excluding hydrogens is 454 g/mol. The van der Waals surface area contributed by atoms with E-state index in [1.807, 2.05) is 36.1 Å². The number of sulfonamides is 1. The van der Waals surface area contributed by atoms with Gasteiger partial charge in [-0.2, -0.15) is 4.31 Å². The molecule has 2 aromatic carbocycles. The first-order valence-electron chi connectivity index (χ1n) is 11.8. The van der Waals surface area contributed by atoms with E-state index >= 15 is 0 Å². The van der Waals surface area contributed by atoms with Crippen LogP contribution in [0.1, 0.15) is 24.8 Å². The Morgan fingerprint density at radius 1 is 1.06 bits per heavy atom. The molecule has 2 aliphatic heterocycles. The molecule has 34 heavy (non-hydrogen) atoms. The fourth-order valence-corrected chi connectivity index (χ4v) is 5.62. The van der Waals surface area contributed by atoms with Gasteiger partial charge in [-0.1, -0.05) is 29.8 Å². The number of anilines is 1. The zero-order chi connectivity index (χ0) is 24.0. The second-order valence-electron chi connectivity index (χ2n) is 8.84. The van der Waals surface area contributed by atoms with Gasteiger partial charge in [0.25, 0.3) is 0 Å². The Bertz CT molecular complexity index is 1060. The normalized spacial score (nSPS) is 20.1. The first kappa shape index (κ1) is 24.7. The summed E-state index contributed by atoms with van der Waals surface area (Å²) in [7, 11) is -3.52. The molecule has 9 heteroatoms. The molecule has 184 valence electrons.